The number of hydrogen-bond acceptors (Lipinski definition) is 3. The average molecular weight is 291 g/mol. The Balaban J connectivity index is 1.58. The molecular formula is C16H25N3O2. The van der Waals surface area contributed by atoms with Crippen molar-refractivity contribution in [1.29, 1.82) is 0 Å². The molecule has 21 heavy (non-hydrogen) atoms. The van der Waals surface area contributed by atoms with E-state index in [0.717, 1.165) is 50.9 Å². The third-order valence-electron chi connectivity index (χ3n) is 4.78. The molecule has 0 bridgehead atoms. The van der Waals surface area contributed by atoms with Crippen LogP contribution in [0.1, 0.15) is 48.6 Å². The second kappa shape index (κ2) is 6.62. The summed E-state index contributed by atoms with van der Waals surface area (Å²) in [6.07, 6.45) is 6.68. The second-order valence-corrected chi connectivity index (χ2v) is 6.32. The molecule has 0 radical (unpaired) electrons. The van der Waals surface area contributed by atoms with E-state index in [1.54, 1.807) is 0 Å². The Hall–Kier alpha value is -1.33. The van der Waals surface area contributed by atoms with Gasteiger partial charge >= 0.3 is 0 Å². The van der Waals surface area contributed by atoms with Crippen LogP contribution in [0.2, 0.25) is 0 Å². The Labute approximate surface area is 125 Å². The average Bonchev–Trinajstić information content (AvgIpc) is 3.14. The molecule has 1 aromatic heterocycles. The van der Waals surface area contributed by atoms with Crippen LogP contribution in [-0.4, -0.2) is 41.3 Å². The molecule has 2 aliphatic rings. The Kier molecular flexibility index (Phi) is 4.60. The van der Waals surface area contributed by atoms with E-state index < -0.39 is 0 Å². The smallest absolute Gasteiger partial charge is 0.267 e. The summed E-state index contributed by atoms with van der Waals surface area (Å²) in [6.45, 7) is 2.71. The van der Waals surface area contributed by atoms with Gasteiger partial charge in [-0.3, -0.25) is 4.79 Å². The second-order valence-electron chi connectivity index (χ2n) is 6.32. The molecule has 1 saturated carbocycles. The van der Waals surface area contributed by atoms with Gasteiger partial charge in [0.25, 0.3) is 5.91 Å². The largest absolute Gasteiger partial charge is 0.393 e. The third-order valence-corrected chi connectivity index (χ3v) is 4.78. The van der Waals surface area contributed by atoms with Gasteiger partial charge in [0, 0.05) is 18.8 Å². The van der Waals surface area contributed by atoms with Crippen LogP contribution in [0.15, 0.2) is 18.3 Å². The maximum Gasteiger partial charge on any atom is 0.267 e. The summed E-state index contributed by atoms with van der Waals surface area (Å²) in [5, 5.41) is 15.9. The van der Waals surface area contributed by atoms with Gasteiger partial charge in [0.05, 0.1) is 6.10 Å². The maximum atomic E-state index is 12.4. The quantitative estimate of drug-likeness (QED) is 0.783. The predicted molar refractivity (Wildman–Crippen MR) is 81.3 cm³/mol. The van der Waals surface area contributed by atoms with Crippen LogP contribution in [0.3, 0.4) is 0 Å². The van der Waals surface area contributed by atoms with Gasteiger partial charge in [-0.1, -0.05) is 0 Å². The molecule has 116 valence electrons. The Bertz CT molecular complexity index is 480. The van der Waals surface area contributed by atoms with E-state index in [0.29, 0.717) is 18.5 Å². The highest BCUT2D eigenvalue weighted by Crippen LogP contribution is 2.25. The number of hydrogen-bond donors (Lipinski definition) is 3. The number of nitrogens with one attached hydrogen (secondary N) is 2. The van der Waals surface area contributed by atoms with E-state index in [9.17, 15) is 9.90 Å². The normalized spacial score (nSPS) is 26.9. The molecule has 1 aromatic rings. The van der Waals surface area contributed by atoms with E-state index in [-0.39, 0.29) is 12.0 Å². The first kappa shape index (κ1) is 14.6. The first-order valence-corrected chi connectivity index (χ1v) is 8.08. The number of nitrogens with zero attached hydrogens (tertiary/aromatic N) is 1. The van der Waals surface area contributed by atoms with Gasteiger partial charge in [0.1, 0.15) is 5.69 Å². The molecule has 5 nitrogen and oxygen atoms in total. The van der Waals surface area contributed by atoms with Crippen LogP contribution < -0.4 is 10.6 Å². The first-order chi connectivity index (χ1) is 10.2. The van der Waals surface area contributed by atoms with Gasteiger partial charge < -0.3 is 20.3 Å². The van der Waals surface area contributed by atoms with Gasteiger partial charge in [-0.2, -0.15) is 0 Å². The number of aliphatic hydroxyl groups excluding tert-OH is 1. The lowest BCUT2D eigenvalue weighted by molar-refractivity contribution is 0.0932. The summed E-state index contributed by atoms with van der Waals surface area (Å²) >= 11 is 0. The van der Waals surface area contributed by atoms with Crippen LogP contribution in [0.25, 0.3) is 0 Å². The molecule has 1 amide bonds. The van der Waals surface area contributed by atoms with Crippen LogP contribution >= 0.6 is 0 Å². The zero-order chi connectivity index (χ0) is 14.7. The van der Waals surface area contributed by atoms with Crippen molar-refractivity contribution < 1.29 is 9.90 Å². The number of rotatable bonds is 4. The van der Waals surface area contributed by atoms with Gasteiger partial charge in [-0.15, -0.1) is 0 Å². The minimum atomic E-state index is -0.175. The number of carbonyl (C=O) groups excluding carboxylic acids is 1. The highest BCUT2D eigenvalue weighted by Gasteiger charge is 2.24. The Morgan fingerprint density at radius 2 is 2.14 bits per heavy atom. The molecule has 2 heterocycles. The van der Waals surface area contributed by atoms with E-state index in [1.807, 2.05) is 18.3 Å². The molecule has 1 aliphatic carbocycles. The number of aliphatic hydroxyl groups is 1. The van der Waals surface area contributed by atoms with Crippen molar-refractivity contribution in [3.8, 4) is 0 Å². The van der Waals surface area contributed by atoms with Crippen LogP contribution in [0, 0.1) is 5.92 Å². The van der Waals surface area contributed by atoms with E-state index >= 15 is 0 Å². The lowest BCUT2D eigenvalue weighted by Gasteiger charge is -2.26. The van der Waals surface area contributed by atoms with E-state index in [2.05, 4.69) is 15.2 Å². The molecule has 1 aliphatic heterocycles. The fourth-order valence-corrected chi connectivity index (χ4v) is 3.55. The summed E-state index contributed by atoms with van der Waals surface area (Å²) in [6, 6.07) is 4.28. The summed E-state index contributed by atoms with van der Waals surface area (Å²) < 4.78 is 2.12. The molecule has 1 saturated heterocycles. The molecule has 2 unspecified atom stereocenters. The number of aromatic nitrogens is 1. The van der Waals surface area contributed by atoms with Crippen LogP contribution in [0.4, 0.5) is 0 Å². The van der Waals surface area contributed by atoms with Gasteiger partial charge in [-0.05, 0) is 63.2 Å². The summed E-state index contributed by atoms with van der Waals surface area (Å²) in [5.74, 6) is 0.436. The fourth-order valence-electron chi connectivity index (χ4n) is 3.55. The highest BCUT2D eigenvalue weighted by molar-refractivity contribution is 5.92. The van der Waals surface area contributed by atoms with E-state index in [4.69, 9.17) is 0 Å². The van der Waals surface area contributed by atoms with Crippen molar-refractivity contribution in [2.45, 2.75) is 44.2 Å². The van der Waals surface area contributed by atoms with Crippen LogP contribution in [-0.2, 0) is 0 Å². The fraction of sp³-hybridized carbons (Fsp3) is 0.688. The summed E-state index contributed by atoms with van der Waals surface area (Å²) in [4.78, 5) is 12.4. The predicted octanol–water partition coefficient (Wildman–Crippen LogP) is 1.30. The van der Waals surface area contributed by atoms with Crippen LogP contribution in [0.5, 0.6) is 0 Å². The molecule has 5 heteroatoms. The monoisotopic (exact) mass is 291 g/mol. The minimum Gasteiger partial charge on any atom is -0.393 e. The van der Waals surface area contributed by atoms with Crippen molar-refractivity contribution in [3.63, 3.8) is 0 Å². The Morgan fingerprint density at radius 3 is 2.86 bits per heavy atom. The maximum absolute atomic E-state index is 12.4. The number of amides is 1. The van der Waals surface area contributed by atoms with Crippen molar-refractivity contribution >= 4 is 5.91 Å². The molecule has 2 fully saturated rings. The number of piperidine rings is 1. The molecule has 3 rings (SSSR count). The standard InChI is InChI=1S/C16H25N3O2/c20-14-4-3-12(10-14)11-18-16(21)15-2-1-9-19(15)13-5-7-17-8-6-13/h1-2,9,12-14,17,20H,3-8,10-11H2,(H,18,21). The van der Waals surface area contributed by atoms with Crippen molar-refractivity contribution in [1.82, 2.24) is 15.2 Å². The lowest BCUT2D eigenvalue weighted by atomic mass is 10.1. The molecule has 0 aromatic carbocycles. The zero-order valence-corrected chi connectivity index (χ0v) is 12.4. The molecule has 2 atom stereocenters. The lowest BCUT2D eigenvalue weighted by Crippen LogP contribution is -2.33. The molecular weight excluding hydrogens is 266 g/mol. The van der Waals surface area contributed by atoms with Gasteiger partial charge in [0.15, 0.2) is 0 Å². The van der Waals surface area contributed by atoms with Gasteiger partial charge in [0.2, 0.25) is 0 Å². The SMILES string of the molecule is O=C(NCC1CCC(O)C1)c1cccn1C1CCNCC1. The number of carbonyl (C=O) groups is 1. The Morgan fingerprint density at radius 1 is 1.33 bits per heavy atom. The third kappa shape index (κ3) is 3.47. The van der Waals surface area contributed by atoms with Crippen molar-refractivity contribution in [2.24, 2.45) is 5.92 Å². The summed E-state index contributed by atoms with van der Waals surface area (Å²) in [5.41, 5.74) is 0.764. The van der Waals surface area contributed by atoms with Crippen molar-refractivity contribution in [2.75, 3.05) is 19.6 Å². The van der Waals surface area contributed by atoms with E-state index in [1.165, 1.54) is 0 Å². The van der Waals surface area contributed by atoms with Crippen molar-refractivity contribution in [3.05, 3.63) is 24.0 Å². The minimum absolute atomic E-state index is 0.0138. The topological polar surface area (TPSA) is 66.3 Å². The first-order valence-electron chi connectivity index (χ1n) is 8.08. The molecule has 0 spiro atoms. The highest BCUT2D eigenvalue weighted by atomic mass is 16.3. The summed E-state index contributed by atoms with van der Waals surface area (Å²) in [7, 11) is 0. The zero-order valence-electron chi connectivity index (χ0n) is 12.4. The van der Waals surface area contributed by atoms with Gasteiger partial charge in [-0.25, -0.2) is 0 Å². The molecule has 3 N–H and O–H groups in total.